The van der Waals surface area contributed by atoms with Crippen LogP contribution in [0.2, 0.25) is 0 Å². The normalized spacial score (nSPS) is 12.8. The first-order valence-corrected chi connectivity index (χ1v) is 9.96. The van der Waals surface area contributed by atoms with Gasteiger partial charge in [0.2, 0.25) is 0 Å². The van der Waals surface area contributed by atoms with E-state index in [9.17, 15) is 0 Å². The zero-order valence-corrected chi connectivity index (χ0v) is 15.8. The number of hydrogen-bond acceptors (Lipinski definition) is 5. The van der Waals surface area contributed by atoms with Crippen molar-refractivity contribution in [3.63, 3.8) is 0 Å². The van der Waals surface area contributed by atoms with Gasteiger partial charge in [-0.05, 0) is 26.1 Å². The van der Waals surface area contributed by atoms with Crippen LogP contribution in [0.3, 0.4) is 0 Å². The highest BCUT2D eigenvalue weighted by molar-refractivity contribution is 7.18. The van der Waals surface area contributed by atoms with Crippen molar-refractivity contribution in [3.05, 3.63) is 70.7 Å². The van der Waals surface area contributed by atoms with E-state index in [1.54, 1.807) is 22.7 Å². The molecule has 3 nitrogen and oxygen atoms in total. The fourth-order valence-electron chi connectivity index (χ4n) is 2.74. The zero-order chi connectivity index (χ0) is 17.2. The molecule has 0 radical (unpaired) electrons. The molecular formula is C20H19N3S2. The Morgan fingerprint density at radius 3 is 2.56 bits per heavy atom. The number of benzene rings is 2. The third-order valence-electron chi connectivity index (χ3n) is 4.31. The summed E-state index contributed by atoms with van der Waals surface area (Å²) in [5.41, 5.74) is 3.38. The highest BCUT2D eigenvalue weighted by Gasteiger charge is 2.17. The molecule has 0 aliphatic heterocycles. The summed E-state index contributed by atoms with van der Waals surface area (Å²) in [6.07, 6.45) is 0. The second-order valence-corrected chi connectivity index (χ2v) is 8.04. The van der Waals surface area contributed by atoms with Gasteiger partial charge in [0.05, 0.1) is 22.0 Å². The Morgan fingerprint density at radius 2 is 1.76 bits per heavy atom. The van der Waals surface area contributed by atoms with Gasteiger partial charge >= 0.3 is 0 Å². The number of rotatable bonds is 5. The minimum Gasteiger partial charge on any atom is -0.291 e. The SMILES string of the molecule is C[C@@H](c1nc2ccccc2s1)N(C)Cc1csc(-c2ccccc2)n1. The van der Waals surface area contributed by atoms with Gasteiger partial charge in [0.25, 0.3) is 0 Å². The monoisotopic (exact) mass is 365 g/mol. The van der Waals surface area contributed by atoms with E-state index in [0.717, 1.165) is 27.8 Å². The average molecular weight is 366 g/mol. The second kappa shape index (κ2) is 7.04. The van der Waals surface area contributed by atoms with Crippen LogP contribution in [-0.2, 0) is 6.54 Å². The Morgan fingerprint density at radius 1 is 1.00 bits per heavy atom. The smallest absolute Gasteiger partial charge is 0.123 e. The Labute approximate surface area is 155 Å². The molecule has 4 aromatic rings. The summed E-state index contributed by atoms with van der Waals surface area (Å²) in [6.45, 7) is 3.03. The van der Waals surface area contributed by atoms with Gasteiger partial charge in [-0.15, -0.1) is 22.7 Å². The van der Waals surface area contributed by atoms with Crippen molar-refractivity contribution in [1.29, 1.82) is 0 Å². The van der Waals surface area contributed by atoms with Crippen molar-refractivity contribution >= 4 is 32.9 Å². The van der Waals surface area contributed by atoms with Crippen LogP contribution in [0, 0.1) is 0 Å². The van der Waals surface area contributed by atoms with Gasteiger partial charge in [0.15, 0.2) is 0 Å². The molecule has 2 heterocycles. The van der Waals surface area contributed by atoms with E-state index in [2.05, 4.69) is 66.7 Å². The molecule has 2 aromatic carbocycles. The molecule has 1 atom stereocenters. The van der Waals surface area contributed by atoms with E-state index in [4.69, 9.17) is 9.97 Å². The minimum atomic E-state index is 0.263. The molecule has 2 aromatic heterocycles. The average Bonchev–Trinajstić information content (AvgIpc) is 3.28. The summed E-state index contributed by atoms with van der Waals surface area (Å²) in [5, 5.41) is 4.39. The number of fused-ring (bicyclic) bond motifs is 1. The van der Waals surface area contributed by atoms with E-state index in [1.165, 1.54) is 10.3 Å². The quantitative estimate of drug-likeness (QED) is 0.460. The fraction of sp³-hybridized carbons (Fsp3) is 0.200. The maximum Gasteiger partial charge on any atom is 0.123 e. The topological polar surface area (TPSA) is 29.0 Å². The van der Waals surface area contributed by atoms with Crippen LogP contribution in [0.15, 0.2) is 60.0 Å². The summed E-state index contributed by atoms with van der Waals surface area (Å²) in [6, 6.07) is 18.9. The van der Waals surface area contributed by atoms with E-state index in [1.807, 2.05) is 12.1 Å². The third kappa shape index (κ3) is 3.49. The van der Waals surface area contributed by atoms with Crippen LogP contribution >= 0.6 is 22.7 Å². The van der Waals surface area contributed by atoms with Crippen molar-refractivity contribution in [3.8, 4) is 10.6 Å². The number of para-hydroxylation sites is 1. The molecule has 0 N–H and O–H groups in total. The van der Waals surface area contributed by atoms with Crippen LogP contribution in [0.4, 0.5) is 0 Å². The van der Waals surface area contributed by atoms with Crippen LogP contribution in [0.25, 0.3) is 20.8 Å². The second-order valence-electron chi connectivity index (χ2n) is 6.12. The number of thiazole rings is 2. The molecule has 126 valence electrons. The molecule has 0 aliphatic carbocycles. The van der Waals surface area contributed by atoms with E-state index in [-0.39, 0.29) is 6.04 Å². The van der Waals surface area contributed by atoms with Gasteiger partial charge < -0.3 is 0 Å². The van der Waals surface area contributed by atoms with Gasteiger partial charge in [0.1, 0.15) is 10.0 Å². The minimum absolute atomic E-state index is 0.263. The summed E-state index contributed by atoms with van der Waals surface area (Å²) in [5.74, 6) is 0. The van der Waals surface area contributed by atoms with Crippen LogP contribution in [0.5, 0.6) is 0 Å². The Hall–Kier alpha value is -2.08. The molecule has 5 heteroatoms. The van der Waals surface area contributed by atoms with Crippen LogP contribution in [0.1, 0.15) is 23.7 Å². The molecule has 0 aliphatic rings. The number of hydrogen-bond donors (Lipinski definition) is 0. The van der Waals surface area contributed by atoms with E-state index >= 15 is 0 Å². The van der Waals surface area contributed by atoms with Crippen molar-refractivity contribution in [2.45, 2.75) is 19.5 Å². The van der Waals surface area contributed by atoms with Gasteiger partial charge in [-0.1, -0.05) is 42.5 Å². The fourth-order valence-corrected chi connectivity index (χ4v) is 4.64. The lowest BCUT2D eigenvalue weighted by atomic mass is 10.2. The Balaban J connectivity index is 1.49. The van der Waals surface area contributed by atoms with Crippen LogP contribution < -0.4 is 0 Å². The zero-order valence-electron chi connectivity index (χ0n) is 14.2. The molecular weight excluding hydrogens is 346 g/mol. The van der Waals surface area contributed by atoms with Gasteiger partial charge in [0, 0.05) is 17.5 Å². The maximum atomic E-state index is 4.80. The summed E-state index contributed by atoms with van der Waals surface area (Å²) < 4.78 is 1.25. The summed E-state index contributed by atoms with van der Waals surface area (Å²) in [7, 11) is 2.14. The standard InChI is InChI=1S/C20H19N3S2/c1-14(19-22-17-10-6-7-11-18(17)25-19)23(2)12-16-13-24-20(21-16)15-8-4-3-5-9-15/h3-11,13-14H,12H2,1-2H3/t14-/m0/s1. The molecule has 0 unspecified atom stereocenters. The van der Waals surface area contributed by atoms with Crippen molar-refractivity contribution in [2.24, 2.45) is 0 Å². The molecule has 0 bridgehead atoms. The molecule has 0 spiro atoms. The molecule has 0 fully saturated rings. The lowest BCUT2D eigenvalue weighted by Crippen LogP contribution is -2.21. The molecule has 4 rings (SSSR count). The van der Waals surface area contributed by atoms with Gasteiger partial charge in [-0.3, -0.25) is 4.90 Å². The lowest BCUT2D eigenvalue weighted by molar-refractivity contribution is 0.250. The third-order valence-corrected chi connectivity index (χ3v) is 6.46. The first-order chi connectivity index (χ1) is 12.2. The lowest BCUT2D eigenvalue weighted by Gasteiger charge is -2.21. The first-order valence-electron chi connectivity index (χ1n) is 8.26. The first kappa shape index (κ1) is 16.4. The Bertz CT molecular complexity index is 942. The summed E-state index contributed by atoms with van der Waals surface area (Å²) in [4.78, 5) is 11.9. The molecule has 0 amide bonds. The Kier molecular flexibility index (Phi) is 4.61. The number of aromatic nitrogens is 2. The molecule has 25 heavy (non-hydrogen) atoms. The molecule has 0 saturated carbocycles. The van der Waals surface area contributed by atoms with Crippen molar-refractivity contribution < 1.29 is 0 Å². The largest absolute Gasteiger partial charge is 0.291 e. The molecule has 0 saturated heterocycles. The van der Waals surface area contributed by atoms with Gasteiger partial charge in [-0.25, -0.2) is 9.97 Å². The summed E-state index contributed by atoms with van der Waals surface area (Å²) >= 11 is 3.48. The predicted octanol–water partition coefficient (Wildman–Crippen LogP) is 5.61. The van der Waals surface area contributed by atoms with E-state index < -0.39 is 0 Å². The highest BCUT2D eigenvalue weighted by Crippen LogP contribution is 2.30. The highest BCUT2D eigenvalue weighted by atomic mass is 32.1. The van der Waals surface area contributed by atoms with E-state index in [0.29, 0.717) is 0 Å². The van der Waals surface area contributed by atoms with Crippen molar-refractivity contribution in [2.75, 3.05) is 7.05 Å². The van der Waals surface area contributed by atoms with Crippen LogP contribution in [-0.4, -0.2) is 21.9 Å². The van der Waals surface area contributed by atoms with Crippen molar-refractivity contribution in [1.82, 2.24) is 14.9 Å². The van der Waals surface area contributed by atoms with Gasteiger partial charge in [-0.2, -0.15) is 0 Å². The predicted molar refractivity (Wildman–Crippen MR) is 107 cm³/mol. The number of nitrogens with zero attached hydrogens (tertiary/aromatic N) is 3. The maximum absolute atomic E-state index is 4.80.